The molecule has 0 saturated heterocycles. The number of aliphatic hydroxyl groups excluding tert-OH is 1. The number of aliphatic carboxylic acids is 1. The Bertz CT molecular complexity index is 621. The molecule has 9 heteroatoms. The van der Waals surface area contributed by atoms with E-state index in [9.17, 15) is 18.3 Å². The van der Waals surface area contributed by atoms with Gasteiger partial charge in [-0.15, -0.1) is 0 Å². The maximum absolute atomic E-state index is 12.4. The lowest BCUT2D eigenvalue weighted by molar-refractivity contribution is -0.137. The second kappa shape index (κ2) is 6.54. The number of hydrogen-bond acceptors (Lipinski definition) is 5. The van der Waals surface area contributed by atoms with Crippen LogP contribution in [0.1, 0.15) is 25.2 Å². The molecule has 120 valence electrons. The fraction of sp³-hybridized carbons (Fsp3) is 0.667. The molecule has 0 aliphatic carbocycles. The highest BCUT2D eigenvalue weighted by Crippen LogP contribution is 2.20. The number of aromatic nitrogens is 2. The molecule has 0 saturated carbocycles. The molecule has 8 nitrogen and oxygen atoms in total. The third kappa shape index (κ3) is 4.02. The molecule has 1 rings (SSSR count). The van der Waals surface area contributed by atoms with Gasteiger partial charge >= 0.3 is 5.97 Å². The van der Waals surface area contributed by atoms with Crippen LogP contribution in [-0.4, -0.2) is 47.0 Å². The summed E-state index contributed by atoms with van der Waals surface area (Å²) >= 11 is 0. The Kier molecular flexibility index (Phi) is 5.48. The molecule has 0 aliphatic heterocycles. The Morgan fingerprint density at radius 1 is 1.38 bits per heavy atom. The van der Waals surface area contributed by atoms with Gasteiger partial charge in [0.1, 0.15) is 11.4 Å². The molecule has 0 aromatic carbocycles. The Morgan fingerprint density at radius 3 is 2.38 bits per heavy atom. The Labute approximate surface area is 123 Å². The summed E-state index contributed by atoms with van der Waals surface area (Å²) in [6.07, 6.45) is 0. The van der Waals surface area contributed by atoms with Crippen LogP contribution in [0.4, 0.5) is 0 Å². The third-order valence-electron chi connectivity index (χ3n) is 3.18. The summed E-state index contributed by atoms with van der Waals surface area (Å²) in [5.74, 6) is -1.19. The largest absolute Gasteiger partial charge is 0.480 e. The summed E-state index contributed by atoms with van der Waals surface area (Å²) < 4.78 is 28.4. The molecule has 0 amide bonds. The predicted molar refractivity (Wildman–Crippen MR) is 75.4 cm³/mol. The monoisotopic (exact) mass is 319 g/mol. The highest BCUT2D eigenvalue weighted by molar-refractivity contribution is 7.89. The van der Waals surface area contributed by atoms with Gasteiger partial charge in [-0.2, -0.15) is 5.10 Å². The lowest BCUT2D eigenvalue weighted by Crippen LogP contribution is -2.41. The number of sulfonamides is 1. The minimum atomic E-state index is -3.88. The number of carboxylic acids is 1. The molecule has 1 aromatic heterocycles. The zero-order chi connectivity index (χ0) is 16.4. The van der Waals surface area contributed by atoms with E-state index in [2.05, 4.69) is 9.82 Å². The summed E-state index contributed by atoms with van der Waals surface area (Å²) in [6, 6.07) is -0.614. The van der Waals surface area contributed by atoms with E-state index in [1.807, 2.05) is 0 Å². The van der Waals surface area contributed by atoms with Crippen molar-refractivity contribution in [1.82, 2.24) is 14.5 Å². The van der Waals surface area contributed by atoms with E-state index < -0.39 is 28.6 Å². The van der Waals surface area contributed by atoms with Crippen LogP contribution in [0.15, 0.2) is 4.90 Å². The van der Waals surface area contributed by atoms with Crippen molar-refractivity contribution in [3.8, 4) is 0 Å². The molecule has 1 aromatic rings. The minimum Gasteiger partial charge on any atom is -0.480 e. The standard InChI is InChI=1S/C12H21N3O5S/c1-7(2)10(6-16)14-21(19,20)12-8(3)13-15(9(12)4)5-11(17)18/h7,10,14,16H,5-6H2,1-4H3,(H,17,18)/t10-/m1/s1. The van der Waals surface area contributed by atoms with E-state index in [1.54, 1.807) is 13.8 Å². The van der Waals surface area contributed by atoms with Crippen molar-refractivity contribution in [3.63, 3.8) is 0 Å². The number of rotatable bonds is 7. The zero-order valence-corrected chi connectivity index (χ0v) is 13.3. The first-order valence-corrected chi connectivity index (χ1v) is 7.97. The second-order valence-corrected chi connectivity index (χ2v) is 6.86. The van der Waals surface area contributed by atoms with Crippen LogP contribution in [0.3, 0.4) is 0 Å². The van der Waals surface area contributed by atoms with Gasteiger partial charge in [0.15, 0.2) is 0 Å². The van der Waals surface area contributed by atoms with Crippen molar-refractivity contribution in [2.24, 2.45) is 5.92 Å². The van der Waals surface area contributed by atoms with Crippen molar-refractivity contribution in [2.75, 3.05) is 6.61 Å². The van der Waals surface area contributed by atoms with Gasteiger partial charge in [-0.05, 0) is 19.8 Å². The fourth-order valence-electron chi connectivity index (χ4n) is 1.99. The van der Waals surface area contributed by atoms with Crippen molar-refractivity contribution in [2.45, 2.75) is 45.2 Å². The smallest absolute Gasteiger partial charge is 0.325 e. The molecule has 0 unspecified atom stereocenters. The maximum Gasteiger partial charge on any atom is 0.325 e. The van der Waals surface area contributed by atoms with E-state index in [1.165, 1.54) is 13.8 Å². The summed E-state index contributed by atoms with van der Waals surface area (Å²) in [4.78, 5) is 10.7. The van der Waals surface area contributed by atoms with Crippen molar-refractivity contribution in [1.29, 1.82) is 0 Å². The summed E-state index contributed by atoms with van der Waals surface area (Å²) in [6.45, 7) is 5.85. The van der Waals surface area contributed by atoms with Crippen LogP contribution < -0.4 is 4.72 Å². The molecule has 0 aliphatic rings. The molecule has 3 N–H and O–H groups in total. The van der Waals surface area contributed by atoms with E-state index in [-0.39, 0.29) is 28.8 Å². The average molecular weight is 319 g/mol. The number of carboxylic acid groups (broad SMARTS) is 1. The van der Waals surface area contributed by atoms with Crippen LogP contribution in [0.5, 0.6) is 0 Å². The number of aliphatic hydroxyl groups is 1. The van der Waals surface area contributed by atoms with E-state index in [0.717, 1.165) is 4.68 Å². The van der Waals surface area contributed by atoms with Crippen LogP contribution >= 0.6 is 0 Å². The second-order valence-electron chi connectivity index (χ2n) is 5.21. The number of nitrogens with one attached hydrogen (secondary N) is 1. The molecule has 1 heterocycles. The first-order valence-electron chi connectivity index (χ1n) is 6.49. The van der Waals surface area contributed by atoms with Gasteiger partial charge in [0.25, 0.3) is 0 Å². The van der Waals surface area contributed by atoms with Crippen molar-refractivity contribution in [3.05, 3.63) is 11.4 Å². The maximum atomic E-state index is 12.4. The topological polar surface area (TPSA) is 122 Å². The van der Waals surface area contributed by atoms with E-state index in [0.29, 0.717) is 0 Å². The molecule has 21 heavy (non-hydrogen) atoms. The SMILES string of the molecule is Cc1nn(CC(=O)O)c(C)c1S(=O)(=O)N[C@H](CO)C(C)C. The number of hydrogen-bond donors (Lipinski definition) is 3. The molecule has 0 fully saturated rings. The predicted octanol–water partition coefficient (Wildman–Crippen LogP) is -0.120. The molecular weight excluding hydrogens is 298 g/mol. The number of nitrogens with zero attached hydrogens (tertiary/aromatic N) is 2. The third-order valence-corrected chi connectivity index (χ3v) is 4.92. The van der Waals surface area contributed by atoms with Crippen molar-refractivity contribution >= 4 is 16.0 Å². The van der Waals surface area contributed by atoms with Crippen LogP contribution in [-0.2, 0) is 21.4 Å². The van der Waals surface area contributed by atoms with Crippen LogP contribution in [0.2, 0.25) is 0 Å². The first kappa shape index (κ1) is 17.6. The van der Waals surface area contributed by atoms with Gasteiger partial charge in [0, 0.05) is 6.04 Å². The quantitative estimate of drug-likeness (QED) is 0.644. The van der Waals surface area contributed by atoms with Crippen LogP contribution in [0, 0.1) is 19.8 Å². The van der Waals surface area contributed by atoms with Gasteiger partial charge in [-0.3, -0.25) is 9.48 Å². The highest BCUT2D eigenvalue weighted by atomic mass is 32.2. The van der Waals surface area contributed by atoms with Gasteiger partial charge in [-0.1, -0.05) is 13.8 Å². The van der Waals surface area contributed by atoms with Crippen molar-refractivity contribution < 1.29 is 23.4 Å². The number of aryl methyl sites for hydroxylation is 1. The van der Waals surface area contributed by atoms with E-state index >= 15 is 0 Å². The van der Waals surface area contributed by atoms with Gasteiger partial charge in [0.05, 0.1) is 18.0 Å². The van der Waals surface area contributed by atoms with Gasteiger partial charge in [0.2, 0.25) is 10.0 Å². The van der Waals surface area contributed by atoms with Gasteiger partial charge < -0.3 is 10.2 Å². The van der Waals surface area contributed by atoms with Crippen LogP contribution in [0.25, 0.3) is 0 Å². The van der Waals surface area contributed by atoms with Gasteiger partial charge in [-0.25, -0.2) is 13.1 Å². The summed E-state index contributed by atoms with van der Waals surface area (Å²) in [5, 5.41) is 22.0. The lowest BCUT2D eigenvalue weighted by atomic mass is 10.1. The molecule has 0 radical (unpaired) electrons. The minimum absolute atomic E-state index is 0.0390. The average Bonchev–Trinajstić information content (AvgIpc) is 2.60. The lowest BCUT2D eigenvalue weighted by Gasteiger charge is -2.19. The summed E-state index contributed by atoms with van der Waals surface area (Å²) in [5.41, 5.74) is 0.476. The molecule has 1 atom stereocenters. The Balaban J connectivity index is 3.20. The molecule has 0 spiro atoms. The summed E-state index contributed by atoms with van der Waals surface area (Å²) in [7, 11) is -3.88. The Morgan fingerprint density at radius 2 is 1.95 bits per heavy atom. The normalized spacial score (nSPS) is 13.6. The first-order chi connectivity index (χ1) is 9.60. The highest BCUT2D eigenvalue weighted by Gasteiger charge is 2.28. The molecular formula is C12H21N3O5S. The fourth-order valence-corrected chi connectivity index (χ4v) is 3.78. The zero-order valence-electron chi connectivity index (χ0n) is 12.5. The van der Waals surface area contributed by atoms with E-state index in [4.69, 9.17) is 5.11 Å². The Hall–Kier alpha value is -1.45. The molecule has 0 bridgehead atoms. The number of carbonyl (C=O) groups is 1.